The molecule has 1 aromatic carbocycles. The summed E-state index contributed by atoms with van der Waals surface area (Å²) in [6.07, 6.45) is 7.76. The van der Waals surface area contributed by atoms with Gasteiger partial charge in [-0.05, 0) is 62.4 Å². The molecule has 21 heavy (non-hydrogen) atoms. The normalized spacial score (nSPS) is 28.8. The summed E-state index contributed by atoms with van der Waals surface area (Å²) in [6.45, 7) is 4.58. The second-order valence-corrected chi connectivity index (χ2v) is 6.74. The zero-order valence-electron chi connectivity index (χ0n) is 12.8. The summed E-state index contributed by atoms with van der Waals surface area (Å²) in [5.41, 5.74) is 2.88. The second kappa shape index (κ2) is 5.98. The molecule has 3 aliphatic heterocycles. The van der Waals surface area contributed by atoms with E-state index in [2.05, 4.69) is 28.4 Å². The Kier molecular flexibility index (Phi) is 3.87. The van der Waals surface area contributed by atoms with E-state index in [1.54, 1.807) is 0 Å². The van der Waals surface area contributed by atoms with E-state index in [1.807, 2.05) is 0 Å². The number of ether oxygens (including phenoxy) is 1. The molecule has 2 fully saturated rings. The van der Waals surface area contributed by atoms with E-state index < -0.39 is 0 Å². The lowest BCUT2D eigenvalue weighted by Crippen LogP contribution is -2.44. The van der Waals surface area contributed by atoms with Crippen molar-refractivity contribution in [3.8, 4) is 5.75 Å². The number of nitrogens with one attached hydrogen (secondary N) is 1. The molecule has 0 saturated carbocycles. The van der Waals surface area contributed by atoms with Gasteiger partial charge in [0, 0.05) is 25.0 Å². The molecule has 0 amide bonds. The Hall–Kier alpha value is -1.06. The zero-order chi connectivity index (χ0) is 14.1. The molecule has 2 saturated heterocycles. The first-order chi connectivity index (χ1) is 10.4. The van der Waals surface area contributed by atoms with Crippen LogP contribution in [0.1, 0.15) is 36.8 Å². The van der Waals surface area contributed by atoms with Gasteiger partial charge in [-0.25, -0.2) is 0 Å². The van der Waals surface area contributed by atoms with Crippen molar-refractivity contribution in [3.63, 3.8) is 0 Å². The molecule has 1 aromatic rings. The Labute approximate surface area is 127 Å². The molecule has 114 valence electrons. The van der Waals surface area contributed by atoms with Crippen molar-refractivity contribution in [3.05, 3.63) is 29.3 Å². The number of fused-ring (bicyclic) bond motifs is 1. The number of likely N-dealkylation sites (tertiary alicyclic amines) is 1. The molecule has 3 heterocycles. The van der Waals surface area contributed by atoms with E-state index in [0.29, 0.717) is 0 Å². The fraction of sp³-hybridized carbons (Fsp3) is 0.667. The molecule has 3 nitrogen and oxygen atoms in total. The maximum absolute atomic E-state index is 5.60. The first-order valence-corrected chi connectivity index (χ1v) is 8.62. The summed E-state index contributed by atoms with van der Waals surface area (Å²) in [5, 5.41) is 3.70. The number of hydrogen-bond donors (Lipinski definition) is 1. The number of nitrogens with zero attached hydrogens (tertiary/aromatic N) is 1. The highest BCUT2D eigenvalue weighted by Gasteiger charge is 2.32. The van der Waals surface area contributed by atoms with Crippen LogP contribution in [0.3, 0.4) is 0 Å². The molecule has 2 atom stereocenters. The van der Waals surface area contributed by atoms with Crippen molar-refractivity contribution in [2.45, 2.75) is 50.6 Å². The van der Waals surface area contributed by atoms with E-state index in [-0.39, 0.29) is 0 Å². The zero-order valence-corrected chi connectivity index (χ0v) is 12.8. The summed E-state index contributed by atoms with van der Waals surface area (Å²) in [6, 6.07) is 8.31. The maximum atomic E-state index is 5.60. The molecule has 4 rings (SSSR count). The van der Waals surface area contributed by atoms with Gasteiger partial charge in [0.1, 0.15) is 5.75 Å². The molecule has 0 radical (unpaired) electrons. The third-order valence-corrected chi connectivity index (χ3v) is 5.42. The molecule has 1 N–H and O–H groups in total. The Balaban J connectivity index is 1.37. The average molecular weight is 286 g/mol. The van der Waals surface area contributed by atoms with Crippen molar-refractivity contribution in [2.24, 2.45) is 0 Å². The van der Waals surface area contributed by atoms with Crippen LogP contribution in [0.2, 0.25) is 0 Å². The van der Waals surface area contributed by atoms with Gasteiger partial charge >= 0.3 is 0 Å². The first-order valence-electron chi connectivity index (χ1n) is 8.62. The summed E-state index contributed by atoms with van der Waals surface area (Å²) in [7, 11) is 0. The van der Waals surface area contributed by atoms with Crippen molar-refractivity contribution in [2.75, 3.05) is 26.2 Å². The van der Waals surface area contributed by atoms with Gasteiger partial charge in [-0.1, -0.05) is 12.1 Å². The van der Waals surface area contributed by atoms with Gasteiger partial charge in [-0.15, -0.1) is 0 Å². The van der Waals surface area contributed by atoms with Crippen molar-refractivity contribution in [1.82, 2.24) is 10.2 Å². The van der Waals surface area contributed by atoms with Crippen LogP contribution in [0, 0.1) is 0 Å². The van der Waals surface area contributed by atoms with Crippen LogP contribution >= 0.6 is 0 Å². The second-order valence-electron chi connectivity index (χ2n) is 6.74. The van der Waals surface area contributed by atoms with Crippen LogP contribution in [0.4, 0.5) is 0 Å². The third kappa shape index (κ3) is 2.82. The first kappa shape index (κ1) is 13.6. The predicted octanol–water partition coefficient (Wildman–Crippen LogP) is 2.38. The highest BCUT2D eigenvalue weighted by Crippen LogP contribution is 2.27. The summed E-state index contributed by atoms with van der Waals surface area (Å²) in [4.78, 5) is 2.73. The lowest BCUT2D eigenvalue weighted by molar-refractivity contribution is 0.217. The Morgan fingerprint density at radius 1 is 1.24 bits per heavy atom. The summed E-state index contributed by atoms with van der Waals surface area (Å²) in [5.74, 6) is 1.10. The van der Waals surface area contributed by atoms with E-state index >= 15 is 0 Å². The molecule has 3 aliphatic rings. The average Bonchev–Trinajstić information content (AvgIpc) is 3.24. The minimum atomic E-state index is 0.751. The maximum Gasteiger partial charge on any atom is 0.122 e. The molecular weight excluding hydrogens is 260 g/mol. The Bertz CT molecular complexity index is 496. The Morgan fingerprint density at radius 3 is 3.14 bits per heavy atom. The smallest absolute Gasteiger partial charge is 0.122 e. The van der Waals surface area contributed by atoms with Gasteiger partial charge in [0.15, 0.2) is 0 Å². The van der Waals surface area contributed by atoms with Gasteiger partial charge in [0.05, 0.1) is 6.61 Å². The van der Waals surface area contributed by atoms with Crippen LogP contribution in [0.15, 0.2) is 18.2 Å². The van der Waals surface area contributed by atoms with E-state index in [9.17, 15) is 0 Å². The van der Waals surface area contributed by atoms with Gasteiger partial charge in [0.25, 0.3) is 0 Å². The summed E-state index contributed by atoms with van der Waals surface area (Å²) < 4.78 is 5.60. The lowest BCUT2D eigenvalue weighted by atomic mass is 10.0. The molecule has 0 aliphatic carbocycles. The van der Waals surface area contributed by atoms with E-state index in [1.165, 1.54) is 62.9 Å². The van der Waals surface area contributed by atoms with Crippen molar-refractivity contribution >= 4 is 0 Å². The van der Waals surface area contributed by atoms with Gasteiger partial charge in [-0.3, -0.25) is 4.90 Å². The number of rotatable bonds is 4. The van der Waals surface area contributed by atoms with E-state index in [0.717, 1.165) is 30.9 Å². The highest BCUT2D eigenvalue weighted by atomic mass is 16.5. The minimum Gasteiger partial charge on any atom is -0.493 e. The van der Waals surface area contributed by atoms with Crippen LogP contribution in [0.5, 0.6) is 5.75 Å². The topological polar surface area (TPSA) is 24.5 Å². The van der Waals surface area contributed by atoms with Gasteiger partial charge in [-0.2, -0.15) is 0 Å². The standard InChI is InChI=1S/C18H26N2O/c1-3-16(19-9-1)17-4-2-10-20(17)11-7-14-5-6-18-15(13-14)8-12-21-18/h5-6,13,16-17,19H,1-4,7-12H2. The molecule has 0 bridgehead atoms. The van der Waals surface area contributed by atoms with E-state index in [4.69, 9.17) is 4.74 Å². The van der Waals surface area contributed by atoms with Crippen LogP contribution in [0.25, 0.3) is 0 Å². The molecular formula is C18H26N2O. The van der Waals surface area contributed by atoms with Gasteiger partial charge in [0.2, 0.25) is 0 Å². The monoisotopic (exact) mass is 286 g/mol. The molecule has 0 aromatic heterocycles. The fourth-order valence-electron chi connectivity index (χ4n) is 4.29. The Morgan fingerprint density at radius 2 is 2.24 bits per heavy atom. The van der Waals surface area contributed by atoms with Crippen LogP contribution in [-0.2, 0) is 12.8 Å². The number of hydrogen-bond acceptors (Lipinski definition) is 3. The quantitative estimate of drug-likeness (QED) is 0.920. The van der Waals surface area contributed by atoms with Crippen molar-refractivity contribution in [1.29, 1.82) is 0 Å². The SMILES string of the molecule is c1cc2c(cc1CCN1CCCC1C1CCCN1)CCO2. The number of benzene rings is 1. The van der Waals surface area contributed by atoms with Crippen LogP contribution in [-0.4, -0.2) is 43.2 Å². The molecule has 0 spiro atoms. The highest BCUT2D eigenvalue weighted by molar-refractivity contribution is 5.39. The van der Waals surface area contributed by atoms with Gasteiger partial charge < -0.3 is 10.1 Å². The van der Waals surface area contributed by atoms with Crippen molar-refractivity contribution < 1.29 is 4.74 Å². The minimum absolute atomic E-state index is 0.751. The predicted molar refractivity (Wildman–Crippen MR) is 85.0 cm³/mol. The summed E-state index contributed by atoms with van der Waals surface area (Å²) >= 11 is 0. The third-order valence-electron chi connectivity index (χ3n) is 5.42. The largest absolute Gasteiger partial charge is 0.493 e. The lowest BCUT2D eigenvalue weighted by Gasteiger charge is -2.29. The van der Waals surface area contributed by atoms with Crippen LogP contribution < -0.4 is 10.1 Å². The molecule has 2 unspecified atom stereocenters. The molecule has 3 heteroatoms. The fourth-order valence-corrected chi connectivity index (χ4v) is 4.29.